The van der Waals surface area contributed by atoms with Crippen LogP contribution in [0.1, 0.15) is 5.69 Å². The predicted molar refractivity (Wildman–Crippen MR) is 84.2 cm³/mol. The minimum atomic E-state index is -0.299. The number of aromatic nitrogens is 2. The number of hydrogen-bond acceptors (Lipinski definition) is 3. The van der Waals surface area contributed by atoms with Gasteiger partial charge in [-0.15, -0.1) is 0 Å². The average molecular weight is 332 g/mol. The van der Waals surface area contributed by atoms with Crippen molar-refractivity contribution in [2.75, 3.05) is 0 Å². The van der Waals surface area contributed by atoms with Crippen LogP contribution in [0, 0.1) is 21.4 Å². The van der Waals surface area contributed by atoms with E-state index in [2.05, 4.69) is 0 Å². The highest BCUT2D eigenvalue weighted by atomic mass is 35.5. The lowest BCUT2D eigenvalue weighted by Gasteiger charge is -2.18. The zero-order valence-electron chi connectivity index (χ0n) is 11.0. The Morgan fingerprint density at radius 2 is 1.77 bits per heavy atom. The van der Waals surface area contributed by atoms with E-state index in [1.54, 1.807) is 36.4 Å². The number of rotatable bonds is 1. The van der Waals surface area contributed by atoms with Crippen LogP contribution >= 0.6 is 23.2 Å². The molecule has 0 atom stereocenters. The lowest BCUT2D eigenvalue weighted by atomic mass is 10.1. The van der Waals surface area contributed by atoms with Gasteiger partial charge in [-0.05, 0) is 6.07 Å². The molecule has 108 valence electrons. The predicted octanol–water partition coefficient (Wildman–Crippen LogP) is 3.75. The van der Waals surface area contributed by atoms with Gasteiger partial charge in [0.05, 0.1) is 14.5 Å². The van der Waals surface area contributed by atoms with Crippen LogP contribution in [0.4, 0.5) is 0 Å². The van der Waals surface area contributed by atoms with Crippen LogP contribution in [0.2, 0.25) is 10.0 Å². The highest BCUT2D eigenvalue weighted by Crippen LogP contribution is 2.29. The fourth-order valence-corrected chi connectivity index (χ4v) is 2.55. The van der Waals surface area contributed by atoms with Gasteiger partial charge in [0.2, 0.25) is 0 Å². The van der Waals surface area contributed by atoms with E-state index >= 15 is 0 Å². The van der Waals surface area contributed by atoms with E-state index in [1.807, 2.05) is 0 Å². The topological polar surface area (TPSA) is 74.8 Å². The first-order chi connectivity index (χ1) is 10.5. The Balaban J connectivity index is 2.54. The van der Waals surface area contributed by atoms with E-state index < -0.39 is 0 Å². The van der Waals surface area contributed by atoms with Gasteiger partial charge < -0.3 is 9.94 Å². The van der Waals surface area contributed by atoms with Crippen LogP contribution in [-0.4, -0.2) is 4.73 Å². The molecule has 0 saturated heterocycles. The Bertz CT molecular complexity index is 992. The molecule has 0 spiro atoms. The SMILES string of the molecule is N#Cc1c(-c2ccccc2)n([O-])c2cc(Cl)c(Cl)cc2[n+]1=O. The zero-order chi connectivity index (χ0) is 15.9. The maximum Gasteiger partial charge on any atom is 0.363 e. The molecule has 0 N–H and O–H groups in total. The third-order valence-corrected chi connectivity index (χ3v) is 3.96. The fraction of sp³-hybridized carbons (Fsp3) is 0. The largest absolute Gasteiger partial charge is 0.805 e. The first kappa shape index (κ1) is 14.4. The Morgan fingerprint density at radius 1 is 1.14 bits per heavy atom. The summed E-state index contributed by atoms with van der Waals surface area (Å²) in [4.78, 5) is 12.4. The summed E-state index contributed by atoms with van der Waals surface area (Å²) >= 11 is 11.8. The van der Waals surface area contributed by atoms with Crippen molar-refractivity contribution in [3.8, 4) is 17.3 Å². The van der Waals surface area contributed by atoms with Crippen molar-refractivity contribution >= 4 is 34.2 Å². The molecule has 0 aliphatic rings. The first-order valence-electron chi connectivity index (χ1n) is 6.18. The second-order valence-corrected chi connectivity index (χ2v) is 5.33. The van der Waals surface area contributed by atoms with Gasteiger partial charge in [0, 0.05) is 16.5 Å². The molecule has 7 heteroatoms. The Kier molecular flexibility index (Phi) is 3.49. The molecule has 0 unspecified atom stereocenters. The summed E-state index contributed by atoms with van der Waals surface area (Å²) in [6, 6.07) is 12.9. The summed E-state index contributed by atoms with van der Waals surface area (Å²) in [7, 11) is 0. The third-order valence-electron chi connectivity index (χ3n) is 3.24. The van der Waals surface area contributed by atoms with Crippen molar-refractivity contribution in [3.63, 3.8) is 0 Å². The molecular weight excluding hydrogens is 325 g/mol. The molecule has 0 fully saturated rings. The molecule has 0 aliphatic heterocycles. The van der Waals surface area contributed by atoms with Crippen LogP contribution < -0.4 is 4.43 Å². The number of benzene rings is 2. The number of nitriles is 1. The van der Waals surface area contributed by atoms with Crippen LogP contribution in [0.5, 0.6) is 0 Å². The molecule has 3 aromatic rings. The Hall–Kier alpha value is -2.55. The van der Waals surface area contributed by atoms with Crippen LogP contribution in [0.3, 0.4) is 0 Å². The second-order valence-electron chi connectivity index (χ2n) is 4.52. The molecule has 1 aromatic heterocycles. The van der Waals surface area contributed by atoms with Crippen molar-refractivity contribution in [3.05, 3.63) is 68.3 Å². The van der Waals surface area contributed by atoms with Gasteiger partial charge in [0.25, 0.3) is 5.52 Å². The summed E-state index contributed by atoms with van der Waals surface area (Å²) in [5.74, 6) is 0. The van der Waals surface area contributed by atoms with Gasteiger partial charge in [-0.2, -0.15) is 5.26 Å². The van der Waals surface area contributed by atoms with Crippen molar-refractivity contribution in [1.82, 2.24) is 4.73 Å². The van der Waals surface area contributed by atoms with Gasteiger partial charge in [0.15, 0.2) is 6.07 Å². The lowest BCUT2D eigenvalue weighted by Crippen LogP contribution is -2.24. The molecule has 0 radical (unpaired) electrons. The molecule has 0 amide bonds. The van der Waals surface area contributed by atoms with Crippen molar-refractivity contribution < 1.29 is 4.43 Å². The van der Waals surface area contributed by atoms with Crippen molar-refractivity contribution in [2.24, 2.45) is 0 Å². The molecule has 5 nitrogen and oxygen atoms in total. The summed E-state index contributed by atoms with van der Waals surface area (Å²) in [5, 5.41) is 22.2. The number of nitrogens with zero attached hydrogens (tertiary/aromatic N) is 3. The van der Waals surface area contributed by atoms with E-state index in [9.17, 15) is 15.4 Å². The zero-order valence-corrected chi connectivity index (χ0v) is 12.5. The maximum absolute atomic E-state index is 12.6. The molecule has 22 heavy (non-hydrogen) atoms. The van der Waals surface area contributed by atoms with E-state index in [4.69, 9.17) is 23.2 Å². The van der Waals surface area contributed by atoms with Gasteiger partial charge in [0.1, 0.15) is 11.2 Å². The van der Waals surface area contributed by atoms with Crippen molar-refractivity contribution in [1.29, 1.82) is 5.26 Å². The second kappa shape index (κ2) is 5.34. The molecule has 3 rings (SSSR count). The normalized spacial score (nSPS) is 10.6. The number of halogens is 2. The molecule has 0 saturated carbocycles. The van der Waals surface area contributed by atoms with Crippen LogP contribution in [0.15, 0.2) is 42.5 Å². The van der Waals surface area contributed by atoms with Gasteiger partial charge in [-0.1, -0.05) is 53.5 Å². The van der Waals surface area contributed by atoms with E-state index in [-0.39, 0.29) is 32.5 Å². The van der Waals surface area contributed by atoms with Crippen LogP contribution in [-0.2, 0) is 0 Å². The highest BCUT2D eigenvalue weighted by Gasteiger charge is 2.24. The van der Waals surface area contributed by atoms with Gasteiger partial charge >= 0.3 is 5.69 Å². The highest BCUT2D eigenvalue weighted by molar-refractivity contribution is 6.42. The quantitative estimate of drug-likeness (QED) is 0.637. The fourth-order valence-electron chi connectivity index (χ4n) is 2.23. The molecule has 0 bridgehead atoms. The third kappa shape index (κ3) is 2.10. The van der Waals surface area contributed by atoms with E-state index in [0.717, 1.165) is 0 Å². The number of hydrogen-bond donors (Lipinski definition) is 0. The standard InChI is InChI=1S/C15H7Cl2N3O2/c16-10-6-12-13(7-11(10)17)20(22)15(14(8-18)19(12)21)9-4-2-1-3-5-9/h1-7H. The molecule has 0 aliphatic carbocycles. The van der Waals surface area contributed by atoms with Crippen LogP contribution in [0.25, 0.3) is 22.3 Å². The Morgan fingerprint density at radius 3 is 2.41 bits per heavy atom. The average Bonchev–Trinajstić information content (AvgIpc) is 2.53. The summed E-state index contributed by atoms with van der Waals surface area (Å²) in [5.41, 5.74) is 0.172. The lowest BCUT2D eigenvalue weighted by molar-refractivity contribution is -0.467. The number of fused-ring (bicyclic) bond motifs is 1. The molecule has 1 heterocycles. The summed E-state index contributed by atoms with van der Waals surface area (Å²) < 4.78 is 0.925. The van der Waals surface area contributed by atoms with E-state index in [0.29, 0.717) is 14.7 Å². The smallest absolute Gasteiger partial charge is 0.363 e. The maximum atomic E-state index is 12.6. The summed E-state index contributed by atoms with van der Waals surface area (Å²) in [6.07, 6.45) is 0. The van der Waals surface area contributed by atoms with E-state index in [1.165, 1.54) is 12.1 Å². The molecular formula is C15H7Cl2N3O2. The summed E-state index contributed by atoms with van der Waals surface area (Å²) in [6.45, 7) is 0. The minimum absolute atomic E-state index is 0.0133. The molecule has 2 aromatic carbocycles. The first-order valence-corrected chi connectivity index (χ1v) is 6.93. The monoisotopic (exact) mass is 331 g/mol. The van der Waals surface area contributed by atoms with Crippen molar-refractivity contribution in [2.45, 2.75) is 0 Å². The van der Waals surface area contributed by atoms with Gasteiger partial charge in [-0.3, -0.25) is 0 Å². The van der Waals surface area contributed by atoms with Gasteiger partial charge in [-0.25, -0.2) is 0 Å². The Labute approximate surface area is 134 Å². The minimum Gasteiger partial charge on any atom is -0.805 e.